The van der Waals surface area contributed by atoms with Gasteiger partial charge in [-0.25, -0.2) is 18.6 Å². The maximum Gasteiger partial charge on any atom is 0.344 e. The summed E-state index contributed by atoms with van der Waals surface area (Å²) in [6.07, 6.45) is 1.46. The summed E-state index contributed by atoms with van der Waals surface area (Å²) in [7, 11) is 0. The summed E-state index contributed by atoms with van der Waals surface area (Å²) in [5.74, 6) is -3.50. The molecule has 0 aliphatic carbocycles. The van der Waals surface area contributed by atoms with E-state index < -0.39 is 30.1 Å². The van der Waals surface area contributed by atoms with Crippen LogP contribution in [0.15, 0.2) is 36.5 Å². The summed E-state index contributed by atoms with van der Waals surface area (Å²) in [5.41, 5.74) is 0.131. The highest BCUT2D eigenvalue weighted by Gasteiger charge is 2.16. The Bertz CT molecular complexity index is 753. The number of pyridine rings is 1. The molecule has 0 atom stereocenters. The fourth-order valence-electron chi connectivity index (χ4n) is 1.78. The highest BCUT2D eigenvalue weighted by Crippen LogP contribution is 2.16. The number of nitrogens with one attached hydrogen (secondary N) is 1. The van der Waals surface area contributed by atoms with E-state index in [9.17, 15) is 18.4 Å². The molecule has 0 unspecified atom stereocenters. The predicted molar refractivity (Wildman–Crippen MR) is 80.7 cm³/mol. The lowest BCUT2D eigenvalue weighted by Gasteiger charge is -2.09. The molecule has 126 valence electrons. The summed E-state index contributed by atoms with van der Waals surface area (Å²) in [6.45, 7) is 1.45. The van der Waals surface area contributed by atoms with Gasteiger partial charge in [0.25, 0.3) is 5.91 Å². The number of aromatic nitrogens is 1. The van der Waals surface area contributed by atoms with Crippen LogP contribution in [-0.2, 0) is 9.53 Å². The third kappa shape index (κ3) is 4.48. The molecule has 0 fully saturated rings. The second-order valence-electron chi connectivity index (χ2n) is 4.54. The van der Waals surface area contributed by atoms with Crippen molar-refractivity contribution in [3.8, 4) is 5.88 Å². The van der Waals surface area contributed by atoms with Gasteiger partial charge >= 0.3 is 5.97 Å². The maximum absolute atomic E-state index is 13.0. The Morgan fingerprint density at radius 3 is 2.71 bits per heavy atom. The normalized spacial score (nSPS) is 10.1. The highest BCUT2D eigenvalue weighted by atomic mass is 19.2. The number of carbonyl (C=O) groups is 2. The molecule has 0 radical (unpaired) electrons. The van der Waals surface area contributed by atoms with Crippen LogP contribution in [0.2, 0.25) is 0 Å². The Balaban J connectivity index is 1.94. The number of hydrogen-bond acceptors (Lipinski definition) is 5. The minimum Gasteiger partial charge on any atom is -0.477 e. The number of esters is 1. The van der Waals surface area contributed by atoms with E-state index in [1.165, 1.54) is 24.4 Å². The Morgan fingerprint density at radius 2 is 2.00 bits per heavy atom. The van der Waals surface area contributed by atoms with Gasteiger partial charge in [-0.3, -0.25) is 4.79 Å². The van der Waals surface area contributed by atoms with E-state index in [0.29, 0.717) is 6.61 Å². The Morgan fingerprint density at radius 1 is 1.21 bits per heavy atom. The molecule has 24 heavy (non-hydrogen) atoms. The number of halogens is 2. The van der Waals surface area contributed by atoms with Crippen LogP contribution in [0.3, 0.4) is 0 Å². The van der Waals surface area contributed by atoms with Crippen LogP contribution in [0.25, 0.3) is 0 Å². The molecule has 1 aromatic heterocycles. The van der Waals surface area contributed by atoms with Crippen molar-refractivity contribution in [1.82, 2.24) is 4.98 Å². The van der Waals surface area contributed by atoms with Crippen LogP contribution >= 0.6 is 0 Å². The van der Waals surface area contributed by atoms with Crippen LogP contribution in [-0.4, -0.2) is 30.1 Å². The Kier molecular flexibility index (Phi) is 5.78. The van der Waals surface area contributed by atoms with Gasteiger partial charge in [0.2, 0.25) is 5.88 Å². The number of hydrogen-bond donors (Lipinski definition) is 1. The van der Waals surface area contributed by atoms with Crippen molar-refractivity contribution in [3.05, 3.63) is 53.7 Å². The van der Waals surface area contributed by atoms with Gasteiger partial charge in [0.05, 0.1) is 6.61 Å². The first-order chi connectivity index (χ1) is 11.5. The molecule has 2 rings (SSSR count). The number of rotatable bonds is 6. The summed E-state index contributed by atoms with van der Waals surface area (Å²) >= 11 is 0. The van der Waals surface area contributed by atoms with Gasteiger partial charge < -0.3 is 14.8 Å². The van der Waals surface area contributed by atoms with Crippen LogP contribution in [0.5, 0.6) is 5.88 Å². The second-order valence-corrected chi connectivity index (χ2v) is 4.54. The smallest absolute Gasteiger partial charge is 0.344 e. The standard InChI is InChI=1S/C16H14F2N2O4/c1-2-23-15-11(4-3-7-19-15)16(22)24-9-14(21)20-10-5-6-12(17)13(18)8-10/h3-8H,2,9H2,1H3,(H,20,21). The lowest BCUT2D eigenvalue weighted by atomic mass is 10.3. The molecule has 2 aromatic rings. The van der Waals surface area contributed by atoms with E-state index in [2.05, 4.69) is 10.3 Å². The van der Waals surface area contributed by atoms with E-state index in [1.807, 2.05) is 0 Å². The first kappa shape index (κ1) is 17.3. The molecule has 1 heterocycles. The van der Waals surface area contributed by atoms with Crippen molar-refractivity contribution < 1.29 is 27.8 Å². The largest absolute Gasteiger partial charge is 0.477 e. The average molecular weight is 336 g/mol. The number of benzene rings is 1. The molecule has 0 aliphatic rings. The van der Waals surface area contributed by atoms with Crippen LogP contribution in [0.1, 0.15) is 17.3 Å². The quantitative estimate of drug-likeness (QED) is 0.820. The minimum atomic E-state index is -1.10. The number of anilines is 1. The van der Waals surface area contributed by atoms with E-state index in [-0.39, 0.29) is 17.1 Å². The van der Waals surface area contributed by atoms with Crippen molar-refractivity contribution >= 4 is 17.6 Å². The van der Waals surface area contributed by atoms with Crippen molar-refractivity contribution in [3.63, 3.8) is 0 Å². The van der Waals surface area contributed by atoms with Gasteiger partial charge in [0.1, 0.15) is 5.56 Å². The van der Waals surface area contributed by atoms with Crippen molar-refractivity contribution in [2.45, 2.75) is 6.92 Å². The molecule has 0 spiro atoms. The minimum absolute atomic E-state index is 0.0475. The van der Waals surface area contributed by atoms with Gasteiger partial charge in [0, 0.05) is 18.0 Å². The fraction of sp³-hybridized carbons (Fsp3) is 0.188. The first-order valence-corrected chi connectivity index (χ1v) is 7.01. The molecule has 1 aromatic carbocycles. The molecule has 1 amide bonds. The molecular weight excluding hydrogens is 322 g/mol. The van der Waals surface area contributed by atoms with E-state index in [4.69, 9.17) is 9.47 Å². The lowest BCUT2D eigenvalue weighted by molar-refractivity contribution is -0.119. The van der Waals surface area contributed by atoms with Gasteiger partial charge in [-0.05, 0) is 31.2 Å². The molecule has 8 heteroatoms. The zero-order valence-electron chi connectivity index (χ0n) is 12.7. The van der Waals surface area contributed by atoms with Crippen LogP contribution < -0.4 is 10.1 Å². The Hall–Kier alpha value is -3.03. The molecule has 0 saturated heterocycles. The third-order valence-electron chi connectivity index (χ3n) is 2.81. The zero-order valence-corrected chi connectivity index (χ0v) is 12.7. The molecule has 1 N–H and O–H groups in total. The third-order valence-corrected chi connectivity index (χ3v) is 2.81. The summed E-state index contributed by atoms with van der Waals surface area (Å²) in [6, 6.07) is 5.87. The molecule has 0 saturated carbocycles. The first-order valence-electron chi connectivity index (χ1n) is 7.01. The number of nitrogens with zero attached hydrogens (tertiary/aromatic N) is 1. The average Bonchev–Trinajstić information content (AvgIpc) is 2.57. The lowest BCUT2D eigenvalue weighted by Crippen LogP contribution is -2.21. The zero-order chi connectivity index (χ0) is 17.5. The summed E-state index contributed by atoms with van der Waals surface area (Å²) in [4.78, 5) is 27.6. The van der Waals surface area contributed by atoms with Crippen LogP contribution in [0.4, 0.5) is 14.5 Å². The van der Waals surface area contributed by atoms with Crippen LogP contribution in [0, 0.1) is 11.6 Å². The van der Waals surface area contributed by atoms with Crippen molar-refractivity contribution in [2.75, 3.05) is 18.5 Å². The number of amides is 1. The van der Waals surface area contributed by atoms with E-state index in [1.54, 1.807) is 6.92 Å². The fourth-order valence-corrected chi connectivity index (χ4v) is 1.78. The molecule has 0 bridgehead atoms. The maximum atomic E-state index is 13.0. The number of ether oxygens (including phenoxy) is 2. The van der Waals surface area contributed by atoms with Gasteiger partial charge in [-0.1, -0.05) is 0 Å². The summed E-state index contributed by atoms with van der Waals surface area (Å²) in [5, 5.41) is 2.29. The Labute approximate surface area is 136 Å². The van der Waals surface area contributed by atoms with Gasteiger partial charge in [-0.2, -0.15) is 0 Å². The molecule has 0 aliphatic heterocycles. The van der Waals surface area contributed by atoms with Crippen molar-refractivity contribution in [2.24, 2.45) is 0 Å². The van der Waals surface area contributed by atoms with Gasteiger partial charge in [-0.15, -0.1) is 0 Å². The number of carbonyl (C=O) groups excluding carboxylic acids is 2. The summed E-state index contributed by atoms with van der Waals surface area (Å²) < 4.78 is 35.9. The van der Waals surface area contributed by atoms with Gasteiger partial charge in [0.15, 0.2) is 18.2 Å². The topological polar surface area (TPSA) is 77.5 Å². The monoisotopic (exact) mass is 336 g/mol. The van der Waals surface area contributed by atoms with Crippen molar-refractivity contribution in [1.29, 1.82) is 0 Å². The highest BCUT2D eigenvalue weighted by molar-refractivity contribution is 5.96. The van der Waals surface area contributed by atoms with E-state index in [0.717, 1.165) is 12.1 Å². The second kappa shape index (κ2) is 8.00. The van der Waals surface area contributed by atoms with E-state index >= 15 is 0 Å². The molecule has 6 nitrogen and oxygen atoms in total. The molecular formula is C16H14F2N2O4. The predicted octanol–water partition coefficient (Wildman–Crippen LogP) is 2.55. The SMILES string of the molecule is CCOc1ncccc1C(=O)OCC(=O)Nc1ccc(F)c(F)c1.